The van der Waals surface area contributed by atoms with E-state index in [2.05, 4.69) is 36.3 Å². The third kappa shape index (κ3) is 2.10. The fourth-order valence-corrected chi connectivity index (χ4v) is 4.55. The van der Waals surface area contributed by atoms with Crippen molar-refractivity contribution in [3.8, 4) is 0 Å². The van der Waals surface area contributed by atoms with Crippen molar-refractivity contribution in [3.05, 3.63) is 30.6 Å². The lowest BCUT2D eigenvalue weighted by Crippen LogP contribution is -2.34. The quantitative estimate of drug-likeness (QED) is 0.880. The van der Waals surface area contributed by atoms with Gasteiger partial charge in [-0.05, 0) is 42.7 Å². The number of hydrogen-bond acceptors (Lipinski definition) is 3. The van der Waals surface area contributed by atoms with Crippen LogP contribution in [0.4, 0.5) is 0 Å². The topological polar surface area (TPSA) is 59.3 Å². The van der Waals surface area contributed by atoms with Gasteiger partial charge in [0, 0.05) is 11.1 Å². The Balaban J connectivity index is 1.48. The SMILES string of the molecule is CC12CCC(C/C1=N/NC(=O)Cn1cnc3ccccc31)C2(C)C. The number of nitrogens with one attached hydrogen (secondary N) is 1. The van der Waals surface area contributed by atoms with Crippen LogP contribution in [0.25, 0.3) is 11.0 Å². The highest BCUT2D eigenvalue weighted by Crippen LogP contribution is 2.63. The Hall–Kier alpha value is -2.17. The molecule has 126 valence electrons. The number of carbonyl (C=O) groups is 1. The summed E-state index contributed by atoms with van der Waals surface area (Å²) in [4.78, 5) is 16.6. The molecule has 2 aromatic rings. The lowest BCUT2D eigenvalue weighted by Gasteiger charge is -2.34. The number of imidazole rings is 1. The molecule has 1 aromatic heterocycles. The van der Waals surface area contributed by atoms with E-state index >= 15 is 0 Å². The average Bonchev–Trinajstić information content (AvgIpc) is 3.12. The molecule has 0 spiro atoms. The van der Waals surface area contributed by atoms with Crippen LogP contribution in [0.15, 0.2) is 35.7 Å². The number of hydrogen-bond donors (Lipinski definition) is 1. The molecule has 4 rings (SSSR count). The van der Waals surface area contributed by atoms with E-state index in [0.29, 0.717) is 5.92 Å². The molecule has 1 N–H and O–H groups in total. The summed E-state index contributed by atoms with van der Waals surface area (Å²) < 4.78 is 1.86. The highest BCUT2D eigenvalue weighted by molar-refractivity contribution is 5.95. The minimum Gasteiger partial charge on any atom is -0.321 e. The van der Waals surface area contributed by atoms with Gasteiger partial charge in [0.05, 0.1) is 17.4 Å². The van der Waals surface area contributed by atoms with Gasteiger partial charge in [0.2, 0.25) is 0 Å². The molecule has 2 bridgehead atoms. The first-order valence-electron chi connectivity index (χ1n) is 8.67. The van der Waals surface area contributed by atoms with Crippen molar-refractivity contribution < 1.29 is 4.79 Å². The number of hydrazone groups is 1. The van der Waals surface area contributed by atoms with Crippen LogP contribution in [0.3, 0.4) is 0 Å². The molecule has 1 amide bonds. The van der Waals surface area contributed by atoms with Crippen molar-refractivity contribution in [2.75, 3.05) is 0 Å². The second-order valence-corrected chi connectivity index (χ2v) is 7.95. The second kappa shape index (κ2) is 5.16. The van der Waals surface area contributed by atoms with Gasteiger partial charge in [-0.2, -0.15) is 5.10 Å². The van der Waals surface area contributed by atoms with Crippen LogP contribution in [-0.4, -0.2) is 21.2 Å². The largest absolute Gasteiger partial charge is 0.321 e. The maximum Gasteiger partial charge on any atom is 0.260 e. The minimum absolute atomic E-state index is 0.102. The Bertz CT molecular complexity index is 835. The monoisotopic (exact) mass is 324 g/mol. The van der Waals surface area contributed by atoms with Gasteiger partial charge in [0.15, 0.2) is 0 Å². The summed E-state index contributed by atoms with van der Waals surface area (Å²) in [5, 5.41) is 4.52. The zero-order valence-electron chi connectivity index (χ0n) is 14.5. The van der Waals surface area contributed by atoms with Crippen molar-refractivity contribution in [1.82, 2.24) is 15.0 Å². The first kappa shape index (κ1) is 15.4. The smallest absolute Gasteiger partial charge is 0.260 e. The Morgan fingerprint density at radius 3 is 2.88 bits per heavy atom. The number of carbonyl (C=O) groups excluding carboxylic acids is 1. The van der Waals surface area contributed by atoms with Gasteiger partial charge in [-0.1, -0.05) is 32.9 Å². The van der Waals surface area contributed by atoms with Crippen LogP contribution in [0.5, 0.6) is 0 Å². The van der Waals surface area contributed by atoms with Crippen molar-refractivity contribution in [2.45, 2.75) is 46.6 Å². The van der Waals surface area contributed by atoms with Gasteiger partial charge in [-0.25, -0.2) is 10.4 Å². The summed E-state index contributed by atoms with van der Waals surface area (Å²) >= 11 is 0. The number of aromatic nitrogens is 2. The molecule has 0 saturated heterocycles. The van der Waals surface area contributed by atoms with E-state index in [-0.39, 0.29) is 23.3 Å². The molecular weight excluding hydrogens is 300 g/mol. The van der Waals surface area contributed by atoms with Crippen LogP contribution in [0.1, 0.15) is 40.0 Å². The summed E-state index contributed by atoms with van der Waals surface area (Å²) in [5.41, 5.74) is 6.20. The van der Waals surface area contributed by atoms with Crippen LogP contribution in [0, 0.1) is 16.7 Å². The summed E-state index contributed by atoms with van der Waals surface area (Å²) in [6.45, 7) is 7.22. The predicted molar refractivity (Wildman–Crippen MR) is 94.5 cm³/mol. The standard InChI is InChI=1S/C19H24N4O/c1-18(2)13-8-9-19(18,3)16(10-13)21-22-17(24)11-23-12-20-14-6-4-5-7-15(14)23/h4-7,12-13H,8-11H2,1-3H3,(H,22,24)/b21-16-. The van der Waals surface area contributed by atoms with E-state index in [9.17, 15) is 4.79 Å². The van der Waals surface area contributed by atoms with Crippen LogP contribution in [-0.2, 0) is 11.3 Å². The molecule has 2 unspecified atom stereocenters. The number of benzene rings is 1. The highest BCUT2D eigenvalue weighted by atomic mass is 16.2. The fourth-order valence-electron chi connectivity index (χ4n) is 4.55. The van der Waals surface area contributed by atoms with Crippen molar-refractivity contribution in [2.24, 2.45) is 21.8 Å². The molecule has 2 atom stereocenters. The van der Waals surface area contributed by atoms with Crippen molar-refractivity contribution >= 4 is 22.7 Å². The Labute approximate surface area is 142 Å². The van der Waals surface area contributed by atoms with E-state index in [4.69, 9.17) is 0 Å². The van der Waals surface area contributed by atoms with Crippen LogP contribution < -0.4 is 5.43 Å². The fraction of sp³-hybridized carbons (Fsp3) is 0.526. The number of fused-ring (bicyclic) bond motifs is 3. The Morgan fingerprint density at radius 2 is 2.17 bits per heavy atom. The summed E-state index contributed by atoms with van der Waals surface area (Å²) in [5.74, 6) is 0.588. The van der Waals surface area contributed by atoms with E-state index in [1.807, 2.05) is 28.8 Å². The first-order valence-corrected chi connectivity index (χ1v) is 8.67. The molecule has 0 radical (unpaired) electrons. The van der Waals surface area contributed by atoms with Gasteiger partial charge in [-0.3, -0.25) is 4.79 Å². The lowest BCUT2D eigenvalue weighted by molar-refractivity contribution is -0.121. The molecular formula is C19H24N4O. The highest BCUT2D eigenvalue weighted by Gasteiger charge is 2.59. The second-order valence-electron chi connectivity index (χ2n) is 7.95. The number of rotatable bonds is 3. The molecule has 1 aromatic carbocycles. The molecule has 2 aliphatic carbocycles. The molecule has 2 aliphatic rings. The maximum absolute atomic E-state index is 12.3. The Kier molecular flexibility index (Phi) is 3.31. The zero-order chi connectivity index (χ0) is 16.9. The number of para-hydroxylation sites is 2. The van der Waals surface area contributed by atoms with E-state index in [0.717, 1.165) is 23.2 Å². The zero-order valence-corrected chi connectivity index (χ0v) is 14.5. The van der Waals surface area contributed by atoms with E-state index < -0.39 is 0 Å². The lowest BCUT2D eigenvalue weighted by atomic mass is 9.70. The maximum atomic E-state index is 12.3. The molecule has 5 nitrogen and oxygen atoms in total. The van der Waals surface area contributed by atoms with Gasteiger partial charge in [-0.15, -0.1) is 0 Å². The predicted octanol–water partition coefficient (Wildman–Crippen LogP) is 3.35. The van der Waals surface area contributed by atoms with Gasteiger partial charge >= 0.3 is 0 Å². The molecule has 1 heterocycles. The molecule has 2 saturated carbocycles. The minimum atomic E-state index is -0.102. The molecule has 24 heavy (non-hydrogen) atoms. The van der Waals surface area contributed by atoms with Crippen molar-refractivity contribution in [1.29, 1.82) is 0 Å². The summed E-state index contributed by atoms with van der Waals surface area (Å²) in [6, 6.07) is 7.82. The normalized spacial score (nSPS) is 29.5. The third-order valence-corrected chi connectivity index (χ3v) is 6.67. The molecule has 5 heteroatoms. The van der Waals surface area contributed by atoms with E-state index in [1.54, 1.807) is 6.33 Å². The summed E-state index contributed by atoms with van der Waals surface area (Å²) in [6.07, 6.45) is 5.17. The summed E-state index contributed by atoms with van der Waals surface area (Å²) in [7, 11) is 0. The van der Waals surface area contributed by atoms with Crippen molar-refractivity contribution in [3.63, 3.8) is 0 Å². The molecule has 0 aliphatic heterocycles. The van der Waals surface area contributed by atoms with Gasteiger partial charge < -0.3 is 4.57 Å². The number of amides is 1. The van der Waals surface area contributed by atoms with Gasteiger partial charge in [0.25, 0.3) is 5.91 Å². The number of nitrogens with zero attached hydrogens (tertiary/aromatic N) is 3. The third-order valence-electron chi connectivity index (χ3n) is 6.67. The first-order chi connectivity index (χ1) is 11.4. The van der Waals surface area contributed by atoms with Gasteiger partial charge in [0.1, 0.15) is 6.54 Å². The van der Waals surface area contributed by atoms with Crippen LogP contribution >= 0.6 is 0 Å². The average molecular weight is 324 g/mol. The Morgan fingerprint density at radius 1 is 1.38 bits per heavy atom. The molecule has 2 fully saturated rings. The van der Waals surface area contributed by atoms with Crippen LogP contribution in [0.2, 0.25) is 0 Å². The van der Waals surface area contributed by atoms with E-state index in [1.165, 1.54) is 12.8 Å².